The topological polar surface area (TPSA) is 12.0 Å². The van der Waals surface area contributed by atoms with E-state index in [1.165, 1.54) is 6.07 Å². The standard InChI is InChI=1S/C14H11Br2ClFN/c1-19-14(10-4-3-9(17)7-13(10)18)11-6-8(15)2-5-12(11)16/h2-7,14,19H,1H3. The second-order valence-corrected chi connectivity index (χ2v) is 6.26. The van der Waals surface area contributed by atoms with Crippen LogP contribution in [-0.4, -0.2) is 7.05 Å². The maximum atomic E-state index is 14.1. The average Bonchev–Trinajstić information content (AvgIpc) is 2.36. The summed E-state index contributed by atoms with van der Waals surface area (Å²) in [5, 5.41) is 3.52. The van der Waals surface area contributed by atoms with Crippen LogP contribution in [0.2, 0.25) is 5.02 Å². The van der Waals surface area contributed by atoms with E-state index in [0.29, 0.717) is 10.6 Å². The summed E-state index contributed by atoms with van der Waals surface area (Å²) in [6, 6.07) is 10.3. The van der Waals surface area contributed by atoms with E-state index in [-0.39, 0.29) is 11.9 Å². The Morgan fingerprint density at radius 1 is 1.11 bits per heavy atom. The van der Waals surface area contributed by atoms with Crippen molar-refractivity contribution in [1.82, 2.24) is 5.32 Å². The van der Waals surface area contributed by atoms with Gasteiger partial charge in [-0.2, -0.15) is 0 Å². The lowest BCUT2D eigenvalue weighted by Gasteiger charge is -2.20. The first kappa shape index (κ1) is 15.0. The highest BCUT2D eigenvalue weighted by Gasteiger charge is 2.19. The van der Waals surface area contributed by atoms with Gasteiger partial charge in [-0.1, -0.05) is 49.5 Å². The van der Waals surface area contributed by atoms with Crippen molar-refractivity contribution >= 4 is 43.5 Å². The summed E-state index contributed by atoms with van der Waals surface area (Å²) in [4.78, 5) is 0. The molecule has 2 aromatic carbocycles. The molecular formula is C14H11Br2ClFN. The number of halogens is 4. The van der Waals surface area contributed by atoms with E-state index in [1.54, 1.807) is 19.2 Å². The van der Waals surface area contributed by atoms with Gasteiger partial charge in [-0.3, -0.25) is 0 Å². The van der Waals surface area contributed by atoms with E-state index in [0.717, 1.165) is 14.5 Å². The van der Waals surface area contributed by atoms with E-state index >= 15 is 0 Å². The van der Waals surface area contributed by atoms with Crippen LogP contribution >= 0.6 is 43.5 Å². The molecule has 19 heavy (non-hydrogen) atoms. The molecule has 2 aromatic rings. The molecule has 0 aliphatic heterocycles. The van der Waals surface area contributed by atoms with Crippen LogP contribution in [0.3, 0.4) is 0 Å². The van der Waals surface area contributed by atoms with Gasteiger partial charge in [0.2, 0.25) is 0 Å². The Kier molecular flexibility index (Phi) is 5.01. The van der Waals surface area contributed by atoms with E-state index in [9.17, 15) is 4.39 Å². The molecule has 0 heterocycles. The molecule has 0 saturated carbocycles. The van der Waals surface area contributed by atoms with Crippen LogP contribution in [0.5, 0.6) is 0 Å². The van der Waals surface area contributed by atoms with Gasteiger partial charge in [0.1, 0.15) is 5.82 Å². The zero-order chi connectivity index (χ0) is 14.0. The molecule has 0 amide bonds. The highest BCUT2D eigenvalue weighted by Crippen LogP contribution is 2.32. The minimum atomic E-state index is -0.321. The third-order valence-electron chi connectivity index (χ3n) is 2.83. The molecule has 1 atom stereocenters. The molecule has 1 unspecified atom stereocenters. The monoisotopic (exact) mass is 405 g/mol. The van der Waals surface area contributed by atoms with Gasteiger partial charge in [-0.15, -0.1) is 0 Å². The molecule has 1 N–H and O–H groups in total. The van der Waals surface area contributed by atoms with Crippen molar-refractivity contribution in [2.75, 3.05) is 7.05 Å². The van der Waals surface area contributed by atoms with Crippen molar-refractivity contribution in [2.45, 2.75) is 6.04 Å². The Labute approximate surface area is 133 Å². The maximum absolute atomic E-state index is 14.1. The Bertz CT molecular complexity index is 604. The van der Waals surface area contributed by atoms with Gasteiger partial charge in [-0.25, -0.2) is 4.39 Å². The first-order valence-corrected chi connectivity index (χ1v) is 7.56. The summed E-state index contributed by atoms with van der Waals surface area (Å²) in [7, 11) is 1.80. The van der Waals surface area contributed by atoms with E-state index in [4.69, 9.17) is 11.6 Å². The van der Waals surface area contributed by atoms with Crippen molar-refractivity contribution in [2.24, 2.45) is 0 Å². The van der Waals surface area contributed by atoms with Crippen molar-refractivity contribution in [3.05, 3.63) is 67.3 Å². The predicted molar refractivity (Wildman–Crippen MR) is 84.2 cm³/mol. The minimum Gasteiger partial charge on any atom is -0.309 e. The molecule has 0 aliphatic rings. The normalized spacial score (nSPS) is 12.5. The zero-order valence-corrected chi connectivity index (χ0v) is 14.0. The third-order valence-corrected chi connectivity index (χ3v) is 4.28. The van der Waals surface area contributed by atoms with Gasteiger partial charge in [0.15, 0.2) is 0 Å². The van der Waals surface area contributed by atoms with Crippen LogP contribution in [0.1, 0.15) is 17.2 Å². The Hall–Kier alpha value is -0.420. The van der Waals surface area contributed by atoms with Gasteiger partial charge in [0, 0.05) is 19.5 Å². The van der Waals surface area contributed by atoms with Crippen LogP contribution in [0.4, 0.5) is 4.39 Å². The second kappa shape index (κ2) is 6.35. The van der Waals surface area contributed by atoms with Crippen molar-refractivity contribution in [1.29, 1.82) is 0 Å². The van der Waals surface area contributed by atoms with Gasteiger partial charge in [0.25, 0.3) is 0 Å². The molecule has 0 bridgehead atoms. The lowest BCUT2D eigenvalue weighted by molar-refractivity contribution is 0.575. The summed E-state index contributed by atoms with van der Waals surface area (Å²) >= 11 is 12.7. The lowest BCUT2D eigenvalue weighted by atomic mass is 9.98. The van der Waals surface area contributed by atoms with Crippen LogP contribution in [-0.2, 0) is 0 Å². The summed E-state index contributed by atoms with van der Waals surface area (Å²) in [6.45, 7) is 0. The number of hydrogen-bond acceptors (Lipinski definition) is 1. The highest BCUT2D eigenvalue weighted by molar-refractivity contribution is 9.11. The zero-order valence-electron chi connectivity index (χ0n) is 10.1. The van der Waals surface area contributed by atoms with Crippen molar-refractivity contribution in [3.63, 3.8) is 0 Å². The molecule has 100 valence electrons. The SMILES string of the molecule is CNC(c1ccc(Cl)cc1F)c1cc(Br)ccc1Br. The number of hydrogen-bond donors (Lipinski definition) is 1. The van der Waals surface area contributed by atoms with Gasteiger partial charge in [-0.05, 0) is 42.9 Å². The van der Waals surface area contributed by atoms with Crippen molar-refractivity contribution in [3.8, 4) is 0 Å². The van der Waals surface area contributed by atoms with E-state index in [1.807, 2.05) is 18.2 Å². The van der Waals surface area contributed by atoms with Crippen LogP contribution in [0.15, 0.2) is 45.3 Å². The molecule has 0 aliphatic carbocycles. The number of nitrogens with one attached hydrogen (secondary N) is 1. The summed E-state index contributed by atoms with van der Waals surface area (Å²) < 4.78 is 15.9. The van der Waals surface area contributed by atoms with Crippen LogP contribution in [0.25, 0.3) is 0 Å². The molecule has 0 aromatic heterocycles. The predicted octanol–water partition coefficient (Wildman–Crippen LogP) is 5.31. The van der Waals surface area contributed by atoms with Crippen molar-refractivity contribution < 1.29 is 4.39 Å². The lowest BCUT2D eigenvalue weighted by Crippen LogP contribution is -2.19. The molecule has 0 fully saturated rings. The molecular weight excluding hydrogens is 396 g/mol. The molecule has 0 saturated heterocycles. The summed E-state index contributed by atoms with van der Waals surface area (Å²) in [6.07, 6.45) is 0. The van der Waals surface area contributed by atoms with Gasteiger partial charge in [0.05, 0.1) is 6.04 Å². The summed E-state index contributed by atoms with van der Waals surface area (Å²) in [5.41, 5.74) is 1.52. The average molecular weight is 408 g/mol. The summed E-state index contributed by atoms with van der Waals surface area (Å²) in [5.74, 6) is -0.321. The highest BCUT2D eigenvalue weighted by atomic mass is 79.9. The minimum absolute atomic E-state index is 0.246. The Morgan fingerprint density at radius 3 is 2.47 bits per heavy atom. The van der Waals surface area contributed by atoms with E-state index in [2.05, 4.69) is 37.2 Å². The fourth-order valence-corrected chi connectivity index (χ4v) is 2.96. The molecule has 0 spiro atoms. The van der Waals surface area contributed by atoms with Crippen LogP contribution in [0, 0.1) is 5.82 Å². The Morgan fingerprint density at radius 2 is 1.84 bits per heavy atom. The number of benzene rings is 2. The largest absolute Gasteiger partial charge is 0.309 e. The molecule has 5 heteroatoms. The first-order chi connectivity index (χ1) is 9.02. The molecule has 1 nitrogen and oxygen atoms in total. The first-order valence-electron chi connectivity index (χ1n) is 5.60. The fraction of sp³-hybridized carbons (Fsp3) is 0.143. The fourth-order valence-electron chi connectivity index (χ4n) is 1.95. The van der Waals surface area contributed by atoms with Gasteiger partial charge >= 0.3 is 0 Å². The Balaban J connectivity index is 2.52. The van der Waals surface area contributed by atoms with E-state index < -0.39 is 0 Å². The quantitative estimate of drug-likeness (QED) is 0.727. The van der Waals surface area contributed by atoms with Crippen LogP contribution < -0.4 is 5.32 Å². The number of rotatable bonds is 3. The molecule has 2 rings (SSSR count). The molecule has 0 radical (unpaired) electrons. The smallest absolute Gasteiger partial charge is 0.129 e. The van der Waals surface area contributed by atoms with Gasteiger partial charge < -0.3 is 5.32 Å². The second-order valence-electron chi connectivity index (χ2n) is 4.05. The third kappa shape index (κ3) is 3.37. The maximum Gasteiger partial charge on any atom is 0.129 e.